The topological polar surface area (TPSA) is 50.7 Å². The molecule has 5 heteroatoms. The predicted octanol–water partition coefficient (Wildman–Crippen LogP) is 4.52. The van der Waals surface area contributed by atoms with Crippen LogP contribution in [-0.2, 0) is 4.79 Å². The maximum absolute atomic E-state index is 11.8. The number of rotatable bonds is 6. The van der Waals surface area contributed by atoms with Gasteiger partial charge in [0.05, 0.1) is 19.2 Å². The van der Waals surface area contributed by atoms with Crippen molar-refractivity contribution in [3.8, 4) is 5.75 Å². The Morgan fingerprint density at radius 2 is 1.88 bits per heavy atom. The summed E-state index contributed by atoms with van der Waals surface area (Å²) in [6.07, 6.45) is 1.88. The van der Waals surface area contributed by atoms with Crippen LogP contribution < -0.4 is 10.2 Å². The summed E-state index contributed by atoms with van der Waals surface area (Å²) in [7, 11) is 0. The highest BCUT2D eigenvalue weighted by molar-refractivity contribution is 9.10. The van der Waals surface area contributed by atoms with Crippen LogP contribution in [0.3, 0.4) is 0 Å². The van der Waals surface area contributed by atoms with Crippen LogP contribution in [0.25, 0.3) is 10.8 Å². The molecule has 0 heterocycles. The number of amides is 1. The third-order valence-corrected chi connectivity index (χ3v) is 4.06. The van der Waals surface area contributed by atoms with Crippen molar-refractivity contribution < 1.29 is 9.53 Å². The van der Waals surface area contributed by atoms with E-state index in [1.807, 2.05) is 60.7 Å². The van der Waals surface area contributed by atoms with Gasteiger partial charge in [0, 0.05) is 4.47 Å². The molecular weight excluding hydrogens is 380 g/mol. The molecule has 3 aromatic rings. The second-order valence-corrected chi connectivity index (χ2v) is 6.37. The molecule has 0 fully saturated rings. The molecule has 3 rings (SSSR count). The van der Waals surface area contributed by atoms with Crippen LogP contribution in [0.1, 0.15) is 12.0 Å². The summed E-state index contributed by atoms with van der Waals surface area (Å²) < 4.78 is 6.47. The van der Waals surface area contributed by atoms with Crippen molar-refractivity contribution in [2.24, 2.45) is 5.10 Å². The zero-order chi connectivity index (χ0) is 17.5. The fourth-order valence-electron chi connectivity index (χ4n) is 2.34. The summed E-state index contributed by atoms with van der Waals surface area (Å²) in [6, 6.07) is 21.6. The number of ether oxygens (including phenoxy) is 1. The molecule has 25 heavy (non-hydrogen) atoms. The van der Waals surface area contributed by atoms with Crippen LogP contribution in [0.2, 0.25) is 0 Å². The third-order valence-electron chi connectivity index (χ3n) is 3.57. The number of hydrogen-bond donors (Lipinski definition) is 1. The summed E-state index contributed by atoms with van der Waals surface area (Å²) in [4.78, 5) is 11.8. The minimum atomic E-state index is -0.188. The molecule has 0 aromatic heterocycles. The highest BCUT2D eigenvalue weighted by atomic mass is 79.9. The highest BCUT2D eigenvalue weighted by Crippen LogP contribution is 2.17. The zero-order valence-electron chi connectivity index (χ0n) is 13.5. The molecule has 0 saturated heterocycles. The Bertz CT molecular complexity index is 909. The molecule has 126 valence electrons. The van der Waals surface area contributed by atoms with Gasteiger partial charge < -0.3 is 4.74 Å². The SMILES string of the molecule is O=C(CCOc1cccc(Br)c1)N/N=C/c1ccc2ccccc2c1. The summed E-state index contributed by atoms with van der Waals surface area (Å²) >= 11 is 3.38. The van der Waals surface area contributed by atoms with Gasteiger partial charge in [0.25, 0.3) is 0 Å². The van der Waals surface area contributed by atoms with E-state index < -0.39 is 0 Å². The van der Waals surface area contributed by atoms with Crippen molar-refractivity contribution >= 4 is 38.8 Å². The minimum absolute atomic E-state index is 0.188. The van der Waals surface area contributed by atoms with Crippen LogP contribution in [-0.4, -0.2) is 18.7 Å². The first-order valence-electron chi connectivity index (χ1n) is 7.90. The molecule has 0 atom stereocenters. The molecule has 1 N–H and O–H groups in total. The van der Waals surface area contributed by atoms with Gasteiger partial charge in [0.2, 0.25) is 5.91 Å². The molecule has 3 aromatic carbocycles. The van der Waals surface area contributed by atoms with Crippen LogP contribution in [0, 0.1) is 0 Å². The number of nitrogens with zero attached hydrogens (tertiary/aromatic N) is 1. The molecular formula is C20H17BrN2O2. The molecule has 4 nitrogen and oxygen atoms in total. The van der Waals surface area contributed by atoms with Gasteiger partial charge in [-0.15, -0.1) is 0 Å². The van der Waals surface area contributed by atoms with E-state index in [9.17, 15) is 4.79 Å². The average Bonchev–Trinajstić information content (AvgIpc) is 2.62. The van der Waals surface area contributed by atoms with Gasteiger partial charge >= 0.3 is 0 Å². The number of benzene rings is 3. The van der Waals surface area contributed by atoms with Gasteiger partial charge in [-0.1, -0.05) is 58.4 Å². The average molecular weight is 397 g/mol. The molecule has 0 bridgehead atoms. The number of carbonyl (C=O) groups excluding carboxylic acids is 1. The Labute approximate surface area is 154 Å². The molecule has 1 amide bonds. The molecule has 0 spiro atoms. The van der Waals surface area contributed by atoms with Crippen molar-refractivity contribution in [2.45, 2.75) is 6.42 Å². The van der Waals surface area contributed by atoms with Gasteiger partial charge in [-0.3, -0.25) is 4.79 Å². The van der Waals surface area contributed by atoms with Gasteiger partial charge in [0.1, 0.15) is 5.75 Å². The van der Waals surface area contributed by atoms with Crippen molar-refractivity contribution in [1.82, 2.24) is 5.43 Å². The number of hydrazone groups is 1. The lowest BCUT2D eigenvalue weighted by atomic mass is 10.1. The maximum atomic E-state index is 11.8. The zero-order valence-corrected chi connectivity index (χ0v) is 15.1. The molecule has 0 aliphatic heterocycles. The van der Waals surface area contributed by atoms with Crippen molar-refractivity contribution in [3.05, 3.63) is 76.8 Å². The number of halogens is 1. The van der Waals surface area contributed by atoms with Crippen molar-refractivity contribution in [2.75, 3.05) is 6.61 Å². The lowest BCUT2D eigenvalue weighted by molar-refractivity contribution is -0.121. The summed E-state index contributed by atoms with van der Waals surface area (Å²) in [5.41, 5.74) is 3.45. The van der Waals surface area contributed by atoms with E-state index in [1.165, 1.54) is 5.39 Å². The van der Waals surface area contributed by atoms with E-state index >= 15 is 0 Å². The van der Waals surface area contributed by atoms with E-state index in [0.29, 0.717) is 6.61 Å². The quantitative estimate of drug-likeness (QED) is 0.491. The predicted molar refractivity (Wildman–Crippen MR) is 104 cm³/mol. The van der Waals surface area contributed by atoms with E-state index in [0.717, 1.165) is 21.2 Å². The Morgan fingerprint density at radius 1 is 1.04 bits per heavy atom. The Balaban J connectivity index is 1.47. The van der Waals surface area contributed by atoms with Crippen LogP contribution in [0.15, 0.2) is 76.3 Å². The Hall–Kier alpha value is -2.66. The standard InChI is InChI=1S/C20H17BrN2O2/c21-18-6-3-7-19(13-18)25-11-10-20(24)23-22-14-15-8-9-16-4-1-2-5-17(16)12-15/h1-9,12-14H,10-11H2,(H,23,24)/b22-14+. The van der Waals surface area contributed by atoms with Gasteiger partial charge in [-0.05, 0) is 40.6 Å². The number of carbonyl (C=O) groups is 1. The summed E-state index contributed by atoms with van der Waals surface area (Å²) in [6.45, 7) is 0.299. The third kappa shape index (κ3) is 5.16. The van der Waals surface area contributed by atoms with E-state index in [-0.39, 0.29) is 12.3 Å². The molecule has 0 aliphatic rings. The van der Waals surface area contributed by atoms with E-state index in [1.54, 1.807) is 6.21 Å². The first-order valence-corrected chi connectivity index (χ1v) is 8.69. The number of nitrogens with one attached hydrogen (secondary N) is 1. The molecule has 0 radical (unpaired) electrons. The number of fused-ring (bicyclic) bond motifs is 1. The second kappa shape index (κ2) is 8.44. The largest absolute Gasteiger partial charge is 0.493 e. The van der Waals surface area contributed by atoms with Gasteiger partial charge in [0.15, 0.2) is 0 Å². The summed E-state index contributed by atoms with van der Waals surface area (Å²) in [5, 5.41) is 6.31. The maximum Gasteiger partial charge on any atom is 0.243 e. The van der Waals surface area contributed by atoms with Crippen molar-refractivity contribution in [1.29, 1.82) is 0 Å². The van der Waals surface area contributed by atoms with E-state index in [2.05, 4.69) is 32.5 Å². The minimum Gasteiger partial charge on any atom is -0.493 e. The van der Waals surface area contributed by atoms with Gasteiger partial charge in [-0.25, -0.2) is 5.43 Å². The Morgan fingerprint density at radius 3 is 2.72 bits per heavy atom. The normalized spacial score (nSPS) is 10.9. The smallest absolute Gasteiger partial charge is 0.243 e. The molecule has 0 aliphatic carbocycles. The fourth-order valence-corrected chi connectivity index (χ4v) is 2.72. The lowest BCUT2D eigenvalue weighted by Gasteiger charge is -2.05. The summed E-state index contributed by atoms with van der Waals surface area (Å²) in [5.74, 6) is 0.536. The Kier molecular flexibility index (Phi) is 5.80. The van der Waals surface area contributed by atoms with Crippen molar-refractivity contribution in [3.63, 3.8) is 0 Å². The van der Waals surface area contributed by atoms with Crippen LogP contribution in [0.4, 0.5) is 0 Å². The van der Waals surface area contributed by atoms with Gasteiger partial charge in [-0.2, -0.15) is 5.10 Å². The van der Waals surface area contributed by atoms with E-state index in [4.69, 9.17) is 4.74 Å². The first-order chi connectivity index (χ1) is 12.2. The van der Waals surface area contributed by atoms with Crippen LogP contribution in [0.5, 0.6) is 5.75 Å². The van der Waals surface area contributed by atoms with Crippen LogP contribution >= 0.6 is 15.9 Å². The first kappa shape index (κ1) is 17.2. The molecule has 0 unspecified atom stereocenters. The highest BCUT2D eigenvalue weighted by Gasteiger charge is 2.01. The number of hydrogen-bond acceptors (Lipinski definition) is 3. The molecule has 0 saturated carbocycles. The second-order valence-electron chi connectivity index (χ2n) is 5.46. The monoisotopic (exact) mass is 396 g/mol. The fraction of sp³-hybridized carbons (Fsp3) is 0.100. The lowest BCUT2D eigenvalue weighted by Crippen LogP contribution is -2.19.